The van der Waals surface area contributed by atoms with E-state index in [9.17, 15) is 4.39 Å². The maximum Gasteiger partial charge on any atom is 0.125 e. The fourth-order valence-electron chi connectivity index (χ4n) is 1.55. The SMILES string of the molecule is CCC(C)(CCO)Nc1ccc(F)cc1N. The monoisotopic (exact) mass is 226 g/mol. The van der Waals surface area contributed by atoms with Crippen LogP contribution in [-0.2, 0) is 0 Å². The Hall–Kier alpha value is -1.29. The highest BCUT2D eigenvalue weighted by Crippen LogP contribution is 2.26. The van der Waals surface area contributed by atoms with Crippen LogP contribution in [0, 0.1) is 5.82 Å². The maximum atomic E-state index is 12.9. The van der Waals surface area contributed by atoms with Gasteiger partial charge < -0.3 is 16.2 Å². The van der Waals surface area contributed by atoms with Crippen molar-refractivity contribution in [2.45, 2.75) is 32.2 Å². The van der Waals surface area contributed by atoms with Crippen molar-refractivity contribution >= 4 is 11.4 Å². The minimum Gasteiger partial charge on any atom is -0.397 e. The molecule has 16 heavy (non-hydrogen) atoms. The van der Waals surface area contributed by atoms with Crippen LogP contribution in [0.1, 0.15) is 26.7 Å². The number of aliphatic hydroxyl groups excluding tert-OH is 1. The third kappa shape index (κ3) is 3.10. The van der Waals surface area contributed by atoms with Gasteiger partial charge in [-0.25, -0.2) is 4.39 Å². The summed E-state index contributed by atoms with van der Waals surface area (Å²) < 4.78 is 12.9. The Kier molecular flexibility index (Phi) is 4.12. The molecule has 0 spiro atoms. The minimum atomic E-state index is -0.344. The summed E-state index contributed by atoms with van der Waals surface area (Å²) in [4.78, 5) is 0. The zero-order valence-corrected chi connectivity index (χ0v) is 9.76. The van der Waals surface area contributed by atoms with Crippen molar-refractivity contribution in [3.63, 3.8) is 0 Å². The topological polar surface area (TPSA) is 58.3 Å². The van der Waals surface area contributed by atoms with E-state index in [1.807, 2.05) is 13.8 Å². The number of benzene rings is 1. The van der Waals surface area contributed by atoms with Gasteiger partial charge in [0.05, 0.1) is 11.4 Å². The van der Waals surface area contributed by atoms with Crippen LogP contribution in [0.4, 0.5) is 15.8 Å². The molecule has 0 heterocycles. The Balaban J connectivity index is 2.85. The molecule has 1 unspecified atom stereocenters. The van der Waals surface area contributed by atoms with E-state index in [1.165, 1.54) is 12.1 Å². The van der Waals surface area contributed by atoms with E-state index in [-0.39, 0.29) is 18.0 Å². The van der Waals surface area contributed by atoms with Crippen molar-refractivity contribution in [3.05, 3.63) is 24.0 Å². The van der Waals surface area contributed by atoms with Gasteiger partial charge in [0.15, 0.2) is 0 Å². The zero-order chi connectivity index (χ0) is 12.2. The predicted molar refractivity (Wildman–Crippen MR) is 64.8 cm³/mol. The third-order valence-corrected chi connectivity index (χ3v) is 2.89. The van der Waals surface area contributed by atoms with Gasteiger partial charge >= 0.3 is 0 Å². The van der Waals surface area contributed by atoms with E-state index in [1.54, 1.807) is 6.07 Å². The Bertz CT molecular complexity index is 357. The molecule has 1 rings (SSSR count). The predicted octanol–water partition coefficient (Wildman–Crippen LogP) is 2.37. The summed E-state index contributed by atoms with van der Waals surface area (Å²) in [6, 6.07) is 4.28. The molecule has 3 nitrogen and oxygen atoms in total. The zero-order valence-electron chi connectivity index (χ0n) is 9.76. The van der Waals surface area contributed by atoms with Gasteiger partial charge in [0.2, 0.25) is 0 Å². The van der Waals surface area contributed by atoms with Gasteiger partial charge in [-0.3, -0.25) is 0 Å². The van der Waals surface area contributed by atoms with E-state index in [4.69, 9.17) is 10.8 Å². The highest BCUT2D eigenvalue weighted by molar-refractivity contribution is 5.66. The van der Waals surface area contributed by atoms with Crippen molar-refractivity contribution < 1.29 is 9.50 Å². The minimum absolute atomic E-state index is 0.110. The molecule has 0 fully saturated rings. The fraction of sp³-hybridized carbons (Fsp3) is 0.500. The lowest BCUT2D eigenvalue weighted by Gasteiger charge is -2.30. The summed E-state index contributed by atoms with van der Waals surface area (Å²) in [6.45, 7) is 4.15. The molecule has 4 N–H and O–H groups in total. The summed E-state index contributed by atoms with van der Waals surface area (Å²) in [5.74, 6) is -0.344. The quantitative estimate of drug-likeness (QED) is 0.675. The van der Waals surface area contributed by atoms with Gasteiger partial charge in [0, 0.05) is 12.1 Å². The second-order valence-electron chi connectivity index (χ2n) is 4.24. The highest BCUT2D eigenvalue weighted by atomic mass is 19.1. The maximum absolute atomic E-state index is 12.9. The molecule has 0 aliphatic rings. The molecule has 0 saturated heterocycles. The molecular weight excluding hydrogens is 207 g/mol. The molecule has 0 radical (unpaired) electrons. The van der Waals surface area contributed by atoms with Gasteiger partial charge in [-0.15, -0.1) is 0 Å². The van der Waals surface area contributed by atoms with Crippen molar-refractivity contribution in [3.8, 4) is 0 Å². The standard InChI is InChI=1S/C12H19FN2O/c1-3-12(2,6-7-16)15-11-5-4-9(13)8-10(11)14/h4-5,8,15-16H,3,6-7,14H2,1-2H3. The largest absolute Gasteiger partial charge is 0.397 e. The smallest absolute Gasteiger partial charge is 0.125 e. The van der Waals surface area contributed by atoms with Gasteiger partial charge in [0.1, 0.15) is 5.82 Å². The number of halogens is 1. The first-order valence-electron chi connectivity index (χ1n) is 5.45. The summed E-state index contributed by atoms with van der Waals surface area (Å²) >= 11 is 0. The first-order valence-corrected chi connectivity index (χ1v) is 5.45. The number of nitrogen functional groups attached to an aromatic ring is 1. The van der Waals surface area contributed by atoms with Crippen molar-refractivity contribution in [2.24, 2.45) is 0 Å². The lowest BCUT2D eigenvalue weighted by Crippen LogP contribution is -2.35. The van der Waals surface area contributed by atoms with Crippen molar-refractivity contribution in [1.29, 1.82) is 0 Å². The van der Waals surface area contributed by atoms with Crippen molar-refractivity contribution in [2.75, 3.05) is 17.7 Å². The van der Waals surface area contributed by atoms with E-state index >= 15 is 0 Å². The molecule has 1 atom stereocenters. The number of aliphatic hydroxyl groups is 1. The van der Waals surface area contributed by atoms with E-state index in [2.05, 4.69) is 5.32 Å². The molecule has 0 amide bonds. The lowest BCUT2D eigenvalue weighted by atomic mass is 9.94. The summed E-state index contributed by atoms with van der Waals surface area (Å²) in [6.07, 6.45) is 1.48. The summed E-state index contributed by atoms with van der Waals surface area (Å²) in [5.41, 5.74) is 6.59. The Morgan fingerprint density at radius 3 is 2.69 bits per heavy atom. The van der Waals surface area contributed by atoms with Crippen LogP contribution in [0.3, 0.4) is 0 Å². The fourth-order valence-corrected chi connectivity index (χ4v) is 1.55. The molecule has 0 aliphatic carbocycles. The van der Waals surface area contributed by atoms with Crippen LogP contribution >= 0.6 is 0 Å². The molecule has 90 valence electrons. The van der Waals surface area contributed by atoms with Crippen LogP contribution < -0.4 is 11.1 Å². The number of nitrogens with one attached hydrogen (secondary N) is 1. The van der Waals surface area contributed by atoms with Gasteiger partial charge in [-0.05, 0) is 38.0 Å². The number of anilines is 2. The highest BCUT2D eigenvalue weighted by Gasteiger charge is 2.21. The molecule has 4 heteroatoms. The average molecular weight is 226 g/mol. The molecule has 0 aliphatic heterocycles. The van der Waals surface area contributed by atoms with Crippen LogP contribution in [0.15, 0.2) is 18.2 Å². The van der Waals surface area contributed by atoms with E-state index < -0.39 is 0 Å². The van der Waals surface area contributed by atoms with Crippen LogP contribution in [0.5, 0.6) is 0 Å². The molecule has 0 saturated carbocycles. The van der Waals surface area contributed by atoms with Gasteiger partial charge in [0.25, 0.3) is 0 Å². The molecule has 0 bridgehead atoms. The summed E-state index contributed by atoms with van der Waals surface area (Å²) in [5, 5.41) is 12.2. The molecular formula is C12H19FN2O. The number of rotatable bonds is 5. The van der Waals surface area contributed by atoms with Gasteiger partial charge in [-0.1, -0.05) is 6.92 Å². The van der Waals surface area contributed by atoms with Crippen molar-refractivity contribution in [1.82, 2.24) is 0 Å². The third-order valence-electron chi connectivity index (χ3n) is 2.89. The second-order valence-corrected chi connectivity index (χ2v) is 4.24. The lowest BCUT2D eigenvalue weighted by molar-refractivity contribution is 0.252. The van der Waals surface area contributed by atoms with Crippen LogP contribution in [0.25, 0.3) is 0 Å². The number of nitrogens with two attached hydrogens (primary N) is 1. The first kappa shape index (κ1) is 12.8. The Morgan fingerprint density at radius 1 is 1.50 bits per heavy atom. The van der Waals surface area contributed by atoms with E-state index in [0.717, 1.165) is 6.42 Å². The van der Waals surface area contributed by atoms with Crippen LogP contribution in [-0.4, -0.2) is 17.3 Å². The van der Waals surface area contributed by atoms with E-state index in [0.29, 0.717) is 17.8 Å². The van der Waals surface area contributed by atoms with Crippen LogP contribution in [0.2, 0.25) is 0 Å². The van der Waals surface area contributed by atoms with Gasteiger partial charge in [-0.2, -0.15) is 0 Å². The molecule has 1 aromatic carbocycles. The molecule has 1 aromatic rings. The number of hydrogen-bond acceptors (Lipinski definition) is 3. The Morgan fingerprint density at radius 2 is 2.19 bits per heavy atom. The second kappa shape index (κ2) is 5.16. The number of hydrogen-bond donors (Lipinski definition) is 3. The average Bonchev–Trinajstić information content (AvgIpc) is 2.23. The molecule has 0 aromatic heterocycles. The summed E-state index contributed by atoms with van der Waals surface area (Å²) in [7, 11) is 0. The normalized spacial score (nSPS) is 14.5. The first-order chi connectivity index (χ1) is 7.50. The Labute approximate surface area is 95.5 Å².